The van der Waals surface area contributed by atoms with Crippen molar-refractivity contribution in [3.63, 3.8) is 0 Å². The fourth-order valence-electron chi connectivity index (χ4n) is 2.31. The summed E-state index contributed by atoms with van der Waals surface area (Å²) in [6.07, 6.45) is 0. The molecule has 0 spiro atoms. The van der Waals surface area contributed by atoms with Crippen LogP contribution in [-0.2, 0) is 12.0 Å². The van der Waals surface area contributed by atoms with Gasteiger partial charge in [0.15, 0.2) is 0 Å². The van der Waals surface area contributed by atoms with Crippen LogP contribution >= 0.6 is 0 Å². The standard InChI is InChI=1S/C20H27N/c1-15(2)17-8-6-16(7-9-17)14-21-19-12-10-18(11-13-19)20(3,4)5/h6-13,15,21H,14H2,1-5H3. The van der Waals surface area contributed by atoms with Crippen molar-refractivity contribution >= 4 is 5.69 Å². The summed E-state index contributed by atoms with van der Waals surface area (Å²) in [5.74, 6) is 0.594. The van der Waals surface area contributed by atoms with Crippen LogP contribution in [0.3, 0.4) is 0 Å². The van der Waals surface area contributed by atoms with Crippen molar-refractivity contribution in [2.24, 2.45) is 0 Å². The normalized spacial score (nSPS) is 11.7. The highest BCUT2D eigenvalue weighted by molar-refractivity contribution is 5.46. The molecule has 0 saturated carbocycles. The lowest BCUT2D eigenvalue weighted by Crippen LogP contribution is -2.10. The molecule has 0 aromatic heterocycles. The van der Waals surface area contributed by atoms with Crippen LogP contribution in [0, 0.1) is 0 Å². The molecule has 21 heavy (non-hydrogen) atoms. The average molecular weight is 281 g/mol. The van der Waals surface area contributed by atoms with Gasteiger partial charge in [-0.05, 0) is 40.2 Å². The average Bonchev–Trinajstić information content (AvgIpc) is 2.45. The Hall–Kier alpha value is -1.76. The van der Waals surface area contributed by atoms with E-state index < -0.39 is 0 Å². The third-order valence-electron chi connectivity index (χ3n) is 3.89. The number of nitrogens with one attached hydrogen (secondary N) is 1. The molecule has 0 aliphatic heterocycles. The molecule has 2 aromatic carbocycles. The van der Waals surface area contributed by atoms with Crippen LogP contribution in [-0.4, -0.2) is 0 Å². The zero-order valence-electron chi connectivity index (χ0n) is 13.9. The first-order valence-electron chi connectivity index (χ1n) is 7.79. The van der Waals surface area contributed by atoms with Crippen LogP contribution in [0.5, 0.6) is 0 Å². The molecular formula is C20H27N. The molecule has 1 nitrogen and oxygen atoms in total. The Bertz CT molecular complexity index is 556. The molecule has 0 fully saturated rings. The topological polar surface area (TPSA) is 12.0 Å². The van der Waals surface area contributed by atoms with Crippen molar-refractivity contribution in [3.05, 3.63) is 65.2 Å². The summed E-state index contributed by atoms with van der Waals surface area (Å²) in [7, 11) is 0. The van der Waals surface area contributed by atoms with Gasteiger partial charge < -0.3 is 5.32 Å². The van der Waals surface area contributed by atoms with E-state index in [1.807, 2.05) is 0 Å². The van der Waals surface area contributed by atoms with Crippen LogP contribution in [0.15, 0.2) is 48.5 Å². The monoisotopic (exact) mass is 281 g/mol. The summed E-state index contributed by atoms with van der Waals surface area (Å²) in [4.78, 5) is 0. The molecule has 1 N–H and O–H groups in total. The Morgan fingerprint density at radius 3 is 1.90 bits per heavy atom. The van der Waals surface area contributed by atoms with E-state index in [4.69, 9.17) is 0 Å². The largest absolute Gasteiger partial charge is 0.381 e. The summed E-state index contributed by atoms with van der Waals surface area (Å²) in [5, 5.41) is 3.49. The number of rotatable bonds is 4. The minimum atomic E-state index is 0.213. The minimum Gasteiger partial charge on any atom is -0.381 e. The molecular weight excluding hydrogens is 254 g/mol. The van der Waals surface area contributed by atoms with Gasteiger partial charge in [-0.15, -0.1) is 0 Å². The summed E-state index contributed by atoms with van der Waals surface area (Å²) >= 11 is 0. The zero-order valence-corrected chi connectivity index (χ0v) is 13.9. The SMILES string of the molecule is CC(C)c1ccc(CNc2ccc(C(C)(C)C)cc2)cc1. The maximum Gasteiger partial charge on any atom is 0.0400 e. The molecule has 0 atom stereocenters. The molecule has 2 aromatic rings. The summed E-state index contributed by atoms with van der Waals surface area (Å²) in [5.41, 5.74) is 5.48. The van der Waals surface area contributed by atoms with Gasteiger partial charge in [-0.25, -0.2) is 0 Å². The van der Waals surface area contributed by atoms with Crippen LogP contribution < -0.4 is 5.32 Å². The Morgan fingerprint density at radius 2 is 1.43 bits per heavy atom. The number of benzene rings is 2. The van der Waals surface area contributed by atoms with Gasteiger partial charge in [-0.2, -0.15) is 0 Å². The van der Waals surface area contributed by atoms with E-state index in [1.54, 1.807) is 0 Å². The lowest BCUT2D eigenvalue weighted by Gasteiger charge is -2.19. The number of hydrogen-bond acceptors (Lipinski definition) is 1. The van der Waals surface area contributed by atoms with E-state index in [0.29, 0.717) is 5.92 Å². The lowest BCUT2D eigenvalue weighted by molar-refractivity contribution is 0.590. The van der Waals surface area contributed by atoms with Gasteiger partial charge in [-0.1, -0.05) is 71.0 Å². The molecule has 2 rings (SSSR count). The predicted molar refractivity (Wildman–Crippen MR) is 93.0 cm³/mol. The molecule has 0 saturated heterocycles. The predicted octanol–water partition coefficient (Wildman–Crippen LogP) is 5.72. The van der Waals surface area contributed by atoms with Gasteiger partial charge in [0.25, 0.3) is 0 Å². The third-order valence-corrected chi connectivity index (χ3v) is 3.89. The van der Waals surface area contributed by atoms with Crippen molar-refractivity contribution in [1.82, 2.24) is 0 Å². The molecule has 0 heterocycles. The minimum absolute atomic E-state index is 0.213. The molecule has 112 valence electrons. The Labute approximate surface area is 129 Å². The molecule has 0 aliphatic rings. The van der Waals surface area contributed by atoms with Crippen molar-refractivity contribution in [3.8, 4) is 0 Å². The fourth-order valence-corrected chi connectivity index (χ4v) is 2.31. The van der Waals surface area contributed by atoms with Crippen molar-refractivity contribution < 1.29 is 0 Å². The van der Waals surface area contributed by atoms with Gasteiger partial charge in [0.05, 0.1) is 0 Å². The van der Waals surface area contributed by atoms with Gasteiger partial charge >= 0.3 is 0 Å². The highest BCUT2D eigenvalue weighted by Crippen LogP contribution is 2.23. The van der Waals surface area contributed by atoms with E-state index in [2.05, 4.69) is 88.5 Å². The first kappa shape index (κ1) is 15.6. The first-order valence-corrected chi connectivity index (χ1v) is 7.79. The lowest BCUT2D eigenvalue weighted by atomic mass is 9.87. The van der Waals surface area contributed by atoms with E-state index >= 15 is 0 Å². The van der Waals surface area contributed by atoms with Gasteiger partial charge in [0, 0.05) is 12.2 Å². The molecule has 0 unspecified atom stereocenters. The Morgan fingerprint density at radius 1 is 0.857 bits per heavy atom. The molecule has 0 radical (unpaired) electrons. The maximum absolute atomic E-state index is 3.49. The smallest absolute Gasteiger partial charge is 0.0400 e. The zero-order chi connectivity index (χ0) is 15.5. The fraction of sp³-hybridized carbons (Fsp3) is 0.400. The highest BCUT2D eigenvalue weighted by atomic mass is 14.9. The van der Waals surface area contributed by atoms with Crippen molar-refractivity contribution in [1.29, 1.82) is 0 Å². The van der Waals surface area contributed by atoms with Crippen LogP contribution in [0.2, 0.25) is 0 Å². The molecule has 0 amide bonds. The van der Waals surface area contributed by atoms with Crippen LogP contribution in [0.4, 0.5) is 5.69 Å². The molecule has 0 bridgehead atoms. The van der Waals surface area contributed by atoms with Crippen molar-refractivity contribution in [2.45, 2.75) is 52.5 Å². The third kappa shape index (κ3) is 4.35. The summed E-state index contributed by atoms with van der Waals surface area (Å²) < 4.78 is 0. The molecule has 0 aliphatic carbocycles. The van der Waals surface area contributed by atoms with Crippen molar-refractivity contribution in [2.75, 3.05) is 5.32 Å². The molecule has 1 heteroatoms. The quantitative estimate of drug-likeness (QED) is 0.755. The number of hydrogen-bond donors (Lipinski definition) is 1. The van der Waals surface area contributed by atoms with Gasteiger partial charge in [0.1, 0.15) is 0 Å². The van der Waals surface area contributed by atoms with Crippen LogP contribution in [0.25, 0.3) is 0 Å². The Balaban J connectivity index is 1.96. The highest BCUT2D eigenvalue weighted by Gasteiger charge is 2.12. The van der Waals surface area contributed by atoms with Gasteiger partial charge in [0.2, 0.25) is 0 Å². The maximum atomic E-state index is 3.49. The second kappa shape index (κ2) is 6.34. The number of anilines is 1. The van der Waals surface area contributed by atoms with E-state index in [-0.39, 0.29) is 5.41 Å². The first-order chi connectivity index (χ1) is 9.86. The second-order valence-corrected chi connectivity index (χ2v) is 7.08. The van der Waals surface area contributed by atoms with Gasteiger partial charge in [-0.3, -0.25) is 0 Å². The van der Waals surface area contributed by atoms with E-state index in [9.17, 15) is 0 Å². The van der Waals surface area contributed by atoms with E-state index in [0.717, 1.165) is 6.54 Å². The summed E-state index contributed by atoms with van der Waals surface area (Å²) in [6.45, 7) is 12.0. The van der Waals surface area contributed by atoms with Crippen LogP contribution in [0.1, 0.15) is 57.2 Å². The second-order valence-electron chi connectivity index (χ2n) is 7.08. The van der Waals surface area contributed by atoms with E-state index in [1.165, 1.54) is 22.4 Å². The summed E-state index contributed by atoms with van der Waals surface area (Å²) in [6, 6.07) is 17.6. The Kier molecular flexibility index (Phi) is 4.72.